The minimum absolute atomic E-state index is 0.773. The molecule has 1 aliphatic heterocycles. The van der Waals surface area contributed by atoms with E-state index < -0.39 is 0 Å². The Morgan fingerprint density at radius 2 is 1.68 bits per heavy atom. The fourth-order valence-corrected chi connectivity index (χ4v) is 6.21. The van der Waals surface area contributed by atoms with Crippen LogP contribution >= 0.6 is 0 Å². The van der Waals surface area contributed by atoms with Gasteiger partial charge in [0.05, 0.1) is 0 Å². The van der Waals surface area contributed by atoms with Crippen molar-refractivity contribution >= 4 is 0 Å². The van der Waals surface area contributed by atoms with Gasteiger partial charge in [-0.15, -0.1) is 0 Å². The summed E-state index contributed by atoms with van der Waals surface area (Å²) < 4.78 is 0. The lowest BCUT2D eigenvalue weighted by Crippen LogP contribution is -2.47. The highest BCUT2D eigenvalue weighted by molar-refractivity contribution is 5.01. The molecule has 4 saturated carbocycles. The molecule has 0 aromatic heterocycles. The molecule has 2 heteroatoms. The molecule has 0 radical (unpaired) electrons. The van der Waals surface area contributed by atoms with E-state index in [2.05, 4.69) is 17.3 Å². The third-order valence-corrected chi connectivity index (χ3v) is 6.82. The van der Waals surface area contributed by atoms with Gasteiger partial charge in [-0.1, -0.05) is 0 Å². The minimum atomic E-state index is 0.773. The van der Waals surface area contributed by atoms with Gasteiger partial charge in [0.15, 0.2) is 0 Å². The van der Waals surface area contributed by atoms with Crippen molar-refractivity contribution in [3.05, 3.63) is 0 Å². The summed E-state index contributed by atoms with van der Waals surface area (Å²) in [6, 6.07) is 0.814. The molecule has 0 aromatic carbocycles. The maximum Gasteiger partial charge on any atom is 0.0229 e. The molecule has 1 N–H and O–H groups in total. The molecule has 108 valence electrons. The summed E-state index contributed by atoms with van der Waals surface area (Å²) in [5, 5.41) is 3.51. The molecule has 5 fully saturated rings. The van der Waals surface area contributed by atoms with Gasteiger partial charge in [-0.3, -0.25) is 0 Å². The Bertz CT molecular complexity index is 297. The van der Waals surface area contributed by atoms with Crippen molar-refractivity contribution < 1.29 is 0 Å². The Hall–Kier alpha value is -0.0800. The quantitative estimate of drug-likeness (QED) is 0.838. The fourth-order valence-electron chi connectivity index (χ4n) is 6.21. The molecule has 5 aliphatic rings. The van der Waals surface area contributed by atoms with E-state index in [1.165, 1.54) is 32.5 Å². The van der Waals surface area contributed by atoms with E-state index >= 15 is 0 Å². The third-order valence-electron chi connectivity index (χ3n) is 6.82. The summed E-state index contributed by atoms with van der Waals surface area (Å²) in [5.41, 5.74) is 0.773. The van der Waals surface area contributed by atoms with Crippen LogP contribution in [-0.2, 0) is 0 Å². The first kappa shape index (κ1) is 12.6. The average Bonchev–Trinajstić information content (AvgIpc) is 2.88. The first-order valence-electron chi connectivity index (χ1n) is 8.63. The van der Waals surface area contributed by atoms with Crippen molar-refractivity contribution in [3.63, 3.8) is 0 Å². The van der Waals surface area contributed by atoms with Gasteiger partial charge in [0.25, 0.3) is 0 Å². The summed E-state index contributed by atoms with van der Waals surface area (Å²) in [6.07, 6.45) is 12.3. The Labute approximate surface area is 118 Å². The second-order valence-corrected chi connectivity index (χ2v) is 8.29. The highest BCUT2D eigenvalue weighted by Crippen LogP contribution is 2.61. The lowest BCUT2D eigenvalue weighted by molar-refractivity contribution is -0.0611. The van der Waals surface area contributed by atoms with Crippen molar-refractivity contribution in [3.8, 4) is 0 Å². The highest BCUT2D eigenvalue weighted by atomic mass is 15.2. The maximum absolute atomic E-state index is 3.51. The van der Waals surface area contributed by atoms with Crippen LogP contribution in [0, 0.1) is 23.2 Å². The molecular weight excluding hydrogens is 232 g/mol. The van der Waals surface area contributed by atoms with Gasteiger partial charge >= 0.3 is 0 Å². The minimum Gasteiger partial charge on any atom is -0.315 e. The number of nitrogens with one attached hydrogen (secondary N) is 1. The Kier molecular flexibility index (Phi) is 3.15. The summed E-state index contributed by atoms with van der Waals surface area (Å²) in [4.78, 5) is 2.65. The van der Waals surface area contributed by atoms with Crippen LogP contribution in [0.5, 0.6) is 0 Å². The summed E-state index contributed by atoms with van der Waals surface area (Å²) in [7, 11) is 2.36. The number of likely N-dealkylation sites (N-methyl/N-ethyl adjacent to an activating group) is 1. The molecule has 1 unspecified atom stereocenters. The Morgan fingerprint density at radius 3 is 2.21 bits per heavy atom. The van der Waals surface area contributed by atoms with Gasteiger partial charge in [0.1, 0.15) is 0 Å². The first-order valence-corrected chi connectivity index (χ1v) is 8.63. The molecule has 19 heavy (non-hydrogen) atoms. The van der Waals surface area contributed by atoms with Gasteiger partial charge in [-0.25, -0.2) is 0 Å². The first-order chi connectivity index (χ1) is 9.22. The molecule has 4 bridgehead atoms. The van der Waals surface area contributed by atoms with Crippen LogP contribution in [0.25, 0.3) is 0 Å². The molecule has 5 rings (SSSR count). The van der Waals surface area contributed by atoms with Crippen LogP contribution in [0.15, 0.2) is 0 Å². The van der Waals surface area contributed by atoms with Crippen molar-refractivity contribution in [2.24, 2.45) is 23.2 Å². The molecule has 1 saturated heterocycles. The fraction of sp³-hybridized carbons (Fsp3) is 1.00. The number of rotatable bonds is 4. The van der Waals surface area contributed by atoms with Crippen molar-refractivity contribution in [1.82, 2.24) is 10.2 Å². The normalized spacial score (nSPS) is 48.3. The van der Waals surface area contributed by atoms with Crippen LogP contribution in [0.3, 0.4) is 0 Å². The van der Waals surface area contributed by atoms with Crippen LogP contribution in [0.2, 0.25) is 0 Å². The molecule has 2 nitrogen and oxygen atoms in total. The zero-order chi connectivity index (χ0) is 12.9. The number of hydrogen-bond donors (Lipinski definition) is 1. The smallest absolute Gasteiger partial charge is 0.0229 e. The lowest BCUT2D eigenvalue weighted by Gasteiger charge is -2.57. The second kappa shape index (κ2) is 4.73. The lowest BCUT2D eigenvalue weighted by atomic mass is 9.49. The Morgan fingerprint density at radius 1 is 1.05 bits per heavy atom. The summed E-state index contributed by atoms with van der Waals surface area (Å²) >= 11 is 0. The number of nitrogens with zero attached hydrogens (tertiary/aromatic N) is 1. The van der Waals surface area contributed by atoms with Gasteiger partial charge in [-0.05, 0) is 94.7 Å². The number of hydrogen-bond acceptors (Lipinski definition) is 2. The SMILES string of the molecule is CN(CCC12CC3CC(CC(C3)C1)C2)C1CCNC1. The van der Waals surface area contributed by atoms with Crippen molar-refractivity contribution in [2.45, 2.75) is 57.4 Å². The van der Waals surface area contributed by atoms with Crippen molar-refractivity contribution in [2.75, 3.05) is 26.7 Å². The van der Waals surface area contributed by atoms with Crippen LogP contribution < -0.4 is 5.32 Å². The monoisotopic (exact) mass is 262 g/mol. The zero-order valence-electron chi connectivity index (χ0n) is 12.5. The van der Waals surface area contributed by atoms with Gasteiger partial charge in [0, 0.05) is 12.6 Å². The Balaban J connectivity index is 1.37. The highest BCUT2D eigenvalue weighted by Gasteiger charge is 2.50. The standard InChI is InChI=1S/C17H30N2/c1-19(16-2-4-18-12-16)5-3-17-9-13-6-14(10-17)8-15(7-13)11-17/h13-16,18H,2-12H2,1H3. The summed E-state index contributed by atoms with van der Waals surface area (Å²) in [6.45, 7) is 3.79. The molecule has 0 spiro atoms. The maximum atomic E-state index is 3.51. The van der Waals surface area contributed by atoms with E-state index in [9.17, 15) is 0 Å². The van der Waals surface area contributed by atoms with Crippen LogP contribution in [-0.4, -0.2) is 37.6 Å². The molecule has 1 heterocycles. The predicted octanol–water partition coefficient (Wildman–Crippen LogP) is 2.89. The molecular formula is C17H30N2. The molecule has 1 atom stereocenters. The molecule has 0 amide bonds. The third kappa shape index (κ3) is 2.35. The van der Waals surface area contributed by atoms with Crippen molar-refractivity contribution in [1.29, 1.82) is 0 Å². The second-order valence-electron chi connectivity index (χ2n) is 8.29. The predicted molar refractivity (Wildman–Crippen MR) is 79.1 cm³/mol. The van der Waals surface area contributed by atoms with E-state index in [4.69, 9.17) is 0 Å². The van der Waals surface area contributed by atoms with E-state index in [1.807, 2.05) is 0 Å². The topological polar surface area (TPSA) is 15.3 Å². The summed E-state index contributed by atoms with van der Waals surface area (Å²) in [5.74, 6) is 3.35. The van der Waals surface area contributed by atoms with E-state index in [1.54, 1.807) is 38.5 Å². The molecule has 4 aliphatic carbocycles. The van der Waals surface area contributed by atoms with Gasteiger partial charge in [-0.2, -0.15) is 0 Å². The van der Waals surface area contributed by atoms with E-state index in [-0.39, 0.29) is 0 Å². The van der Waals surface area contributed by atoms with Gasteiger partial charge < -0.3 is 10.2 Å². The van der Waals surface area contributed by atoms with Crippen LogP contribution in [0.4, 0.5) is 0 Å². The van der Waals surface area contributed by atoms with Crippen LogP contribution in [0.1, 0.15) is 51.4 Å². The molecule has 0 aromatic rings. The van der Waals surface area contributed by atoms with Gasteiger partial charge in [0.2, 0.25) is 0 Å². The van der Waals surface area contributed by atoms with E-state index in [0.29, 0.717) is 0 Å². The van der Waals surface area contributed by atoms with E-state index in [0.717, 1.165) is 29.2 Å². The zero-order valence-corrected chi connectivity index (χ0v) is 12.5. The average molecular weight is 262 g/mol. The largest absolute Gasteiger partial charge is 0.315 e.